The van der Waals surface area contributed by atoms with Crippen LogP contribution in [0.5, 0.6) is 0 Å². The van der Waals surface area contributed by atoms with E-state index in [0.717, 1.165) is 12.8 Å². The van der Waals surface area contributed by atoms with Crippen molar-refractivity contribution in [1.82, 2.24) is 0 Å². The van der Waals surface area contributed by atoms with E-state index in [1.807, 2.05) is 6.08 Å². The molecule has 0 aromatic carbocycles. The fraction of sp³-hybridized carbons (Fsp3) is 0.615. The maximum absolute atomic E-state index is 11.3. The Morgan fingerprint density at radius 3 is 2.71 bits per heavy atom. The number of carbonyl (C=O) groups is 1. The molecule has 1 aliphatic rings. The van der Waals surface area contributed by atoms with Gasteiger partial charge in [-0.3, -0.25) is 4.79 Å². The van der Waals surface area contributed by atoms with Gasteiger partial charge in [-0.1, -0.05) is 24.1 Å². The second kappa shape index (κ2) is 4.59. The Morgan fingerprint density at radius 2 is 2.21 bits per heavy atom. The van der Waals surface area contributed by atoms with Crippen molar-refractivity contribution in [1.29, 1.82) is 0 Å². The zero-order chi connectivity index (χ0) is 10.7. The van der Waals surface area contributed by atoms with Gasteiger partial charge in [0.2, 0.25) is 0 Å². The number of allylic oxidation sites excluding steroid dienone is 4. The first-order chi connectivity index (χ1) is 6.50. The maximum atomic E-state index is 11.3. The van der Waals surface area contributed by atoms with Gasteiger partial charge in [0, 0.05) is 6.42 Å². The summed E-state index contributed by atoms with van der Waals surface area (Å²) in [6, 6.07) is 0. The van der Waals surface area contributed by atoms with Crippen molar-refractivity contribution in [2.75, 3.05) is 0 Å². The SMILES string of the molecule is CC(C)=CCC1C(C)=CC(=O)CC1C. The smallest absolute Gasteiger partial charge is 0.155 e. The Hall–Kier alpha value is -0.850. The van der Waals surface area contributed by atoms with E-state index in [1.165, 1.54) is 11.1 Å². The summed E-state index contributed by atoms with van der Waals surface area (Å²) in [5.74, 6) is 1.37. The molecule has 1 rings (SSSR count). The molecule has 0 radical (unpaired) electrons. The van der Waals surface area contributed by atoms with Crippen molar-refractivity contribution in [3.63, 3.8) is 0 Å². The van der Waals surface area contributed by atoms with E-state index in [-0.39, 0.29) is 0 Å². The minimum absolute atomic E-state index is 0.295. The van der Waals surface area contributed by atoms with E-state index in [9.17, 15) is 4.79 Å². The lowest BCUT2D eigenvalue weighted by atomic mass is 9.77. The van der Waals surface area contributed by atoms with Crippen LogP contribution >= 0.6 is 0 Å². The summed E-state index contributed by atoms with van der Waals surface area (Å²) in [5, 5.41) is 0. The number of rotatable bonds is 2. The molecule has 2 atom stereocenters. The Labute approximate surface area is 86.9 Å². The highest BCUT2D eigenvalue weighted by molar-refractivity contribution is 5.91. The largest absolute Gasteiger partial charge is 0.295 e. The fourth-order valence-electron chi connectivity index (χ4n) is 2.11. The van der Waals surface area contributed by atoms with Gasteiger partial charge in [0.1, 0.15) is 0 Å². The van der Waals surface area contributed by atoms with Gasteiger partial charge in [0.25, 0.3) is 0 Å². The third kappa shape index (κ3) is 2.83. The van der Waals surface area contributed by atoms with Crippen LogP contribution in [0, 0.1) is 11.8 Å². The molecule has 0 fully saturated rings. The predicted octanol–water partition coefficient (Wildman–Crippen LogP) is 3.51. The standard InChI is InChI=1S/C13H20O/c1-9(2)5-6-13-10(3)7-12(14)8-11(13)4/h5,7,11,13H,6,8H2,1-4H3. The zero-order valence-corrected chi connectivity index (χ0v) is 9.63. The first-order valence-corrected chi connectivity index (χ1v) is 5.35. The van der Waals surface area contributed by atoms with Gasteiger partial charge < -0.3 is 0 Å². The zero-order valence-electron chi connectivity index (χ0n) is 9.63. The Balaban J connectivity index is 2.72. The maximum Gasteiger partial charge on any atom is 0.155 e. The van der Waals surface area contributed by atoms with Crippen LogP contribution in [0.3, 0.4) is 0 Å². The van der Waals surface area contributed by atoms with Gasteiger partial charge in [0.15, 0.2) is 5.78 Å². The van der Waals surface area contributed by atoms with Crippen molar-refractivity contribution in [2.45, 2.75) is 40.5 Å². The van der Waals surface area contributed by atoms with Crippen molar-refractivity contribution < 1.29 is 4.79 Å². The van der Waals surface area contributed by atoms with Crippen molar-refractivity contribution >= 4 is 5.78 Å². The van der Waals surface area contributed by atoms with Crippen molar-refractivity contribution in [2.24, 2.45) is 11.8 Å². The number of carbonyl (C=O) groups excluding carboxylic acids is 1. The summed E-state index contributed by atoms with van der Waals surface area (Å²) in [4.78, 5) is 11.3. The highest BCUT2D eigenvalue weighted by Gasteiger charge is 2.24. The van der Waals surface area contributed by atoms with Crippen LogP contribution in [-0.4, -0.2) is 5.78 Å². The van der Waals surface area contributed by atoms with Crippen LogP contribution in [0.15, 0.2) is 23.3 Å². The van der Waals surface area contributed by atoms with E-state index in [4.69, 9.17) is 0 Å². The molecule has 14 heavy (non-hydrogen) atoms. The van der Waals surface area contributed by atoms with E-state index in [2.05, 4.69) is 33.8 Å². The van der Waals surface area contributed by atoms with E-state index in [0.29, 0.717) is 17.6 Å². The molecule has 0 aromatic rings. The molecule has 0 spiro atoms. The second-order valence-electron chi connectivity index (χ2n) is 4.66. The monoisotopic (exact) mass is 192 g/mol. The second-order valence-corrected chi connectivity index (χ2v) is 4.66. The molecule has 0 saturated heterocycles. The van der Waals surface area contributed by atoms with Crippen LogP contribution < -0.4 is 0 Å². The van der Waals surface area contributed by atoms with Gasteiger partial charge in [0.05, 0.1) is 0 Å². The summed E-state index contributed by atoms with van der Waals surface area (Å²) in [6.45, 7) is 8.50. The molecule has 1 aliphatic carbocycles. The molecule has 0 aromatic heterocycles. The molecule has 0 saturated carbocycles. The quantitative estimate of drug-likeness (QED) is 0.612. The molecular weight excluding hydrogens is 172 g/mol. The topological polar surface area (TPSA) is 17.1 Å². The van der Waals surface area contributed by atoms with Gasteiger partial charge in [-0.15, -0.1) is 0 Å². The summed E-state index contributed by atoms with van der Waals surface area (Å²) in [5.41, 5.74) is 2.62. The first-order valence-electron chi connectivity index (χ1n) is 5.35. The Morgan fingerprint density at radius 1 is 1.57 bits per heavy atom. The number of hydrogen-bond acceptors (Lipinski definition) is 1. The van der Waals surface area contributed by atoms with Crippen molar-refractivity contribution in [3.05, 3.63) is 23.3 Å². The van der Waals surface area contributed by atoms with Crippen LogP contribution in [0.25, 0.3) is 0 Å². The summed E-state index contributed by atoms with van der Waals surface area (Å²) < 4.78 is 0. The molecule has 1 heteroatoms. The Kier molecular flexibility index (Phi) is 3.68. The summed E-state index contributed by atoms with van der Waals surface area (Å²) >= 11 is 0. The first kappa shape index (κ1) is 11.2. The molecule has 0 heterocycles. The highest BCUT2D eigenvalue weighted by Crippen LogP contribution is 2.31. The minimum atomic E-state index is 0.295. The predicted molar refractivity (Wildman–Crippen MR) is 60.1 cm³/mol. The minimum Gasteiger partial charge on any atom is -0.295 e. The van der Waals surface area contributed by atoms with Gasteiger partial charge >= 0.3 is 0 Å². The van der Waals surface area contributed by atoms with E-state index >= 15 is 0 Å². The van der Waals surface area contributed by atoms with Gasteiger partial charge in [-0.05, 0) is 45.1 Å². The molecular formula is C13H20O. The molecule has 78 valence electrons. The van der Waals surface area contributed by atoms with Gasteiger partial charge in [-0.25, -0.2) is 0 Å². The normalized spacial score (nSPS) is 27.1. The van der Waals surface area contributed by atoms with Crippen LogP contribution in [-0.2, 0) is 4.79 Å². The molecule has 0 aliphatic heterocycles. The van der Waals surface area contributed by atoms with E-state index < -0.39 is 0 Å². The lowest BCUT2D eigenvalue weighted by Gasteiger charge is -2.27. The summed E-state index contributed by atoms with van der Waals surface area (Å²) in [7, 11) is 0. The fourth-order valence-corrected chi connectivity index (χ4v) is 2.11. The third-order valence-electron chi connectivity index (χ3n) is 2.96. The van der Waals surface area contributed by atoms with Crippen LogP contribution in [0.2, 0.25) is 0 Å². The third-order valence-corrected chi connectivity index (χ3v) is 2.96. The number of ketones is 1. The molecule has 0 bridgehead atoms. The lowest BCUT2D eigenvalue weighted by molar-refractivity contribution is -0.116. The van der Waals surface area contributed by atoms with Crippen LogP contribution in [0.4, 0.5) is 0 Å². The lowest BCUT2D eigenvalue weighted by Crippen LogP contribution is -2.21. The van der Waals surface area contributed by atoms with Crippen LogP contribution in [0.1, 0.15) is 40.5 Å². The van der Waals surface area contributed by atoms with E-state index in [1.54, 1.807) is 0 Å². The highest BCUT2D eigenvalue weighted by atomic mass is 16.1. The summed E-state index contributed by atoms with van der Waals surface area (Å²) in [6.07, 6.45) is 5.90. The average molecular weight is 192 g/mol. The number of hydrogen-bond donors (Lipinski definition) is 0. The molecule has 1 nitrogen and oxygen atoms in total. The molecule has 2 unspecified atom stereocenters. The average Bonchev–Trinajstić information content (AvgIpc) is 2.01. The van der Waals surface area contributed by atoms with Gasteiger partial charge in [-0.2, -0.15) is 0 Å². The molecule has 0 N–H and O–H groups in total. The Bertz CT molecular complexity index is 280. The van der Waals surface area contributed by atoms with Crippen molar-refractivity contribution in [3.8, 4) is 0 Å². The molecule has 0 amide bonds.